The summed E-state index contributed by atoms with van der Waals surface area (Å²) in [6.07, 6.45) is 3.17. The van der Waals surface area contributed by atoms with Gasteiger partial charge in [-0.2, -0.15) is 0 Å². The Morgan fingerprint density at radius 1 is 1.10 bits per heavy atom. The molecule has 1 aromatic heterocycles. The fraction of sp³-hybridized carbons (Fsp3) is 0.222. The van der Waals surface area contributed by atoms with Crippen molar-refractivity contribution in [2.45, 2.75) is 19.5 Å². The minimum Gasteiger partial charge on any atom is -0.497 e. The Balaban J connectivity index is 1.91. The molecule has 0 aliphatic rings. The Hall–Kier alpha value is -2.26. The van der Waals surface area contributed by atoms with E-state index in [1.807, 2.05) is 12.1 Å². The summed E-state index contributed by atoms with van der Waals surface area (Å²) in [6.45, 7) is 1.49. The van der Waals surface area contributed by atoms with Gasteiger partial charge < -0.3 is 15.0 Å². The molecule has 0 fully saturated rings. The molecule has 0 amide bonds. The molecule has 0 bridgehead atoms. The first-order valence-electron chi connectivity index (χ1n) is 7.21. The molecule has 0 spiro atoms. The number of ether oxygens (including phenoxy) is 1. The number of nitrogens with two attached hydrogens (primary N) is 1. The molecule has 3 aromatic rings. The van der Waals surface area contributed by atoms with E-state index in [-0.39, 0.29) is 0 Å². The zero-order valence-electron chi connectivity index (χ0n) is 12.3. The highest BCUT2D eigenvalue weighted by atomic mass is 16.5. The SMILES string of the molecule is COc1ccc2c(c1)c(CN)cn2CCc1ccccc1. The monoisotopic (exact) mass is 280 g/mol. The molecule has 0 aliphatic heterocycles. The molecule has 108 valence electrons. The van der Waals surface area contributed by atoms with E-state index in [4.69, 9.17) is 10.5 Å². The second-order valence-electron chi connectivity index (χ2n) is 5.17. The summed E-state index contributed by atoms with van der Waals surface area (Å²) in [5.74, 6) is 0.873. The minimum atomic E-state index is 0.544. The summed E-state index contributed by atoms with van der Waals surface area (Å²) in [4.78, 5) is 0. The average molecular weight is 280 g/mol. The largest absolute Gasteiger partial charge is 0.497 e. The van der Waals surface area contributed by atoms with Crippen LogP contribution >= 0.6 is 0 Å². The Morgan fingerprint density at radius 3 is 2.62 bits per heavy atom. The van der Waals surface area contributed by atoms with E-state index in [1.54, 1.807) is 7.11 Å². The number of aryl methyl sites for hydroxylation is 2. The van der Waals surface area contributed by atoms with Crippen LogP contribution in [-0.2, 0) is 19.5 Å². The van der Waals surface area contributed by atoms with Crippen LogP contribution in [0.25, 0.3) is 10.9 Å². The third-order valence-corrected chi connectivity index (χ3v) is 3.87. The average Bonchev–Trinajstić information content (AvgIpc) is 2.91. The van der Waals surface area contributed by atoms with Gasteiger partial charge in [-0.15, -0.1) is 0 Å². The second-order valence-corrected chi connectivity index (χ2v) is 5.17. The van der Waals surface area contributed by atoms with Gasteiger partial charge in [-0.25, -0.2) is 0 Å². The fourth-order valence-electron chi connectivity index (χ4n) is 2.72. The minimum absolute atomic E-state index is 0.544. The highest BCUT2D eigenvalue weighted by molar-refractivity contribution is 5.85. The molecular formula is C18H20N2O. The second kappa shape index (κ2) is 6.02. The first kappa shape index (κ1) is 13.7. The molecule has 0 aliphatic carbocycles. The normalized spacial score (nSPS) is 11.0. The number of hydrogen-bond acceptors (Lipinski definition) is 2. The number of aromatic nitrogens is 1. The van der Waals surface area contributed by atoms with Crippen LogP contribution in [0.15, 0.2) is 54.7 Å². The van der Waals surface area contributed by atoms with Gasteiger partial charge in [0.2, 0.25) is 0 Å². The van der Waals surface area contributed by atoms with Crippen LogP contribution in [0.1, 0.15) is 11.1 Å². The van der Waals surface area contributed by atoms with Crippen molar-refractivity contribution in [3.63, 3.8) is 0 Å². The predicted molar refractivity (Wildman–Crippen MR) is 86.5 cm³/mol. The molecule has 0 saturated heterocycles. The van der Waals surface area contributed by atoms with Gasteiger partial charge in [-0.05, 0) is 35.7 Å². The lowest BCUT2D eigenvalue weighted by molar-refractivity contribution is 0.415. The summed E-state index contributed by atoms with van der Waals surface area (Å²) in [5, 5.41) is 1.19. The van der Waals surface area contributed by atoms with Gasteiger partial charge in [0.05, 0.1) is 7.11 Å². The number of methoxy groups -OCH3 is 1. The van der Waals surface area contributed by atoms with E-state index in [1.165, 1.54) is 16.5 Å². The third-order valence-electron chi connectivity index (χ3n) is 3.87. The van der Waals surface area contributed by atoms with Crippen LogP contribution in [-0.4, -0.2) is 11.7 Å². The molecule has 1 heterocycles. The van der Waals surface area contributed by atoms with Gasteiger partial charge in [-0.1, -0.05) is 30.3 Å². The number of benzene rings is 2. The van der Waals surface area contributed by atoms with Crippen molar-refractivity contribution >= 4 is 10.9 Å². The van der Waals surface area contributed by atoms with E-state index in [0.29, 0.717) is 6.54 Å². The molecule has 0 saturated carbocycles. The lowest BCUT2D eigenvalue weighted by atomic mass is 10.1. The van der Waals surface area contributed by atoms with Crippen molar-refractivity contribution in [1.82, 2.24) is 4.57 Å². The van der Waals surface area contributed by atoms with Gasteiger partial charge in [0.15, 0.2) is 0 Å². The Kier molecular flexibility index (Phi) is 3.93. The molecule has 3 heteroatoms. The maximum absolute atomic E-state index is 5.87. The topological polar surface area (TPSA) is 40.2 Å². The zero-order valence-corrected chi connectivity index (χ0v) is 12.3. The number of fused-ring (bicyclic) bond motifs is 1. The van der Waals surface area contributed by atoms with Gasteiger partial charge >= 0.3 is 0 Å². The van der Waals surface area contributed by atoms with Gasteiger partial charge in [0.1, 0.15) is 5.75 Å². The molecule has 0 radical (unpaired) electrons. The molecule has 21 heavy (non-hydrogen) atoms. The van der Waals surface area contributed by atoms with Crippen molar-refractivity contribution in [2.24, 2.45) is 5.73 Å². The maximum atomic E-state index is 5.87. The Morgan fingerprint density at radius 2 is 1.90 bits per heavy atom. The van der Waals surface area contributed by atoms with E-state index >= 15 is 0 Å². The van der Waals surface area contributed by atoms with Crippen LogP contribution in [0.3, 0.4) is 0 Å². The maximum Gasteiger partial charge on any atom is 0.119 e. The zero-order chi connectivity index (χ0) is 14.7. The smallest absolute Gasteiger partial charge is 0.119 e. The van der Waals surface area contributed by atoms with E-state index < -0.39 is 0 Å². The molecule has 0 unspecified atom stereocenters. The summed E-state index contributed by atoms with van der Waals surface area (Å²) < 4.78 is 7.59. The molecular weight excluding hydrogens is 260 g/mol. The summed E-state index contributed by atoms with van der Waals surface area (Å²) in [5.41, 5.74) is 9.60. The molecule has 3 rings (SSSR count). The number of rotatable bonds is 5. The standard InChI is InChI=1S/C18H20N2O/c1-21-16-7-8-18-17(11-16)15(12-19)13-20(18)10-9-14-5-3-2-4-6-14/h2-8,11,13H,9-10,12,19H2,1H3. The first-order valence-corrected chi connectivity index (χ1v) is 7.21. The van der Waals surface area contributed by atoms with Gasteiger partial charge in [0.25, 0.3) is 0 Å². The van der Waals surface area contributed by atoms with Crippen LogP contribution in [0.4, 0.5) is 0 Å². The number of hydrogen-bond donors (Lipinski definition) is 1. The van der Waals surface area contributed by atoms with Crippen molar-refractivity contribution in [1.29, 1.82) is 0 Å². The molecule has 2 aromatic carbocycles. The Labute approximate surface area is 125 Å². The Bertz CT molecular complexity index is 732. The summed E-state index contributed by atoms with van der Waals surface area (Å²) >= 11 is 0. The van der Waals surface area contributed by atoms with Gasteiger partial charge in [-0.3, -0.25) is 0 Å². The van der Waals surface area contributed by atoms with Crippen molar-refractivity contribution in [2.75, 3.05) is 7.11 Å². The lowest BCUT2D eigenvalue weighted by Crippen LogP contribution is -2.00. The first-order chi connectivity index (χ1) is 10.3. The van der Waals surface area contributed by atoms with Crippen molar-refractivity contribution in [3.8, 4) is 5.75 Å². The molecule has 3 nitrogen and oxygen atoms in total. The van der Waals surface area contributed by atoms with E-state index in [9.17, 15) is 0 Å². The van der Waals surface area contributed by atoms with Crippen LogP contribution in [0.2, 0.25) is 0 Å². The quantitative estimate of drug-likeness (QED) is 0.778. The van der Waals surface area contributed by atoms with Crippen LogP contribution < -0.4 is 10.5 Å². The fourth-order valence-corrected chi connectivity index (χ4v) is 2.72. The highest BCUT2D eigenvalue weighted by Gasteiger charge is 2.08. The third kappa shape index (κ3) is 2.78. The van der Waals surface area contributed by atoms with Crippen LogP contribution in [0.5, 0.6) is 5.75 Å². The predicted octanol–water partition coefficient (Wildman–Crippen LogP) is 3.35. The van der Waals surface area contributed by atoms with E-state index in [0.717, 1.165) is 24.3 Å². The van der Waals surface area contributed by atoms with Gasteiger partial charge in [0, 0.05) is 30.2 Å². The summed E-state index contributed by atoms with van der Waals surface area (Å²) in [7, 11) is 1.69. The number of nitrogens with zero attached hydrogens (tertiary/aromatic N) is 1. The molecule has 2 N–H and O–H groups in total. The lowest BCUT2D eigenvalue weighted by Gasteiger charge is -2.06. The van der Waals surface area contributed by atoms with Crippen molar-refractivity contribution < 1.29 is 4.74 Å². The summed E-state index contributed by atoms with van der Waals surface area (Å²) in [6, 6.07) is 16.7. The van der Waals surface area contributed by atoms with Crippen molar-refractivity contribution in [3.05, 3.63) is 65.9 Å². The van der Waals surface area contributed by atoms with E-state index in [2.05, 4.69) is 47.2 Å². The highest BCUT2D eigenvalue weighted by Crippen LogP contribution is 2.26. The molecule has 0 atom stereocenters. The van der Waals surface area contributed by atoms with Crippen LogP contribution in [0, 0.1) is 0 Å².